The lowest BCUT2D eigenvalue weighted by molar-refractivity contribution is -0.121. The zero-order valence-electron chi connectivity index (χ0n) is 15.4. The third-order valence-electron chi connectivity index (χ3n) is 3.99. The lowest BCUT2D eigenvalue weighted by Crippen LogP contribution is -2.25. The Hall–Kier alpha value is -3.15. The van der Waals surface area contributed by atoms with E-state index in [1.165, 1.54) is 5.56 Å². The van der Waals surface area contributed by atoms with E-state index >= 15 is 0 Å². The number of carbonyl (C=O) groups excluding carboxylic acids is 1. The number of carbonyl (C=O) groups is 1. The first kappa shape index (κ1) is 18.6. The van der Waals surface area contributed by atoms with Crippen molar-refractivity contribution in [3.05, 3.63) is 66.1 Å². The molecule has 1 heterocycles. The molecule has 0 radical (unpaired) electrons. The van der Waals surface area contributed by atoms with Gasteiger partial charge in [-0.1, -0.05) is 35.9 Å². The van der Waals surface area contributed by atoms with Gasteiger partial charge in [-0.3, -0.25) is 4.79 Å². The molecule has 0 spiro atoms. The van der Waals surface area contributed by atoms with E-state index < -0.39 is 0 Å². The van der Waals surface area contributed by atoms with Gasteiger partial charge < -0.3 is 14.5 Å². The molecule has 1 amide bonds. The van der Waals surface area contributed by atoms with E-state index in [0.717, 1.165) is 17.7 Å². The smallest absolute Gasteiger partial charge is 0.247 e. The van der Waals surface area contributed by atoms with Gasteiger partial charge in [-0.05, 0) is 37.6 Å². The summed E-state index contributed by atoms with van der Waals surface area (Å²) in [5.74, 6) is 1.74. The zero-order chi connectivity index (χ0) is 18.9. The van der Waals surface area contributed by atoms with Crippen LogP contribution in [0.15, 0.2) is 59.0 Å². The maximum absolute atomic E-state index is 11.9. The Morgan fingerprint density at radius 1 is 1.07 bits per heavy atom. The molecule has 0 bridgehead atoms. The molecule has 0 aliphatic heterocycles. The van der Waals surface area contributed by atoms with Gasteiger partial charge in [0.05, 0.1) is 6.61 Å². The monoisotopic (exact) mass is 365 g/mol. The number of nitrogens with zero attached hydrogens (tertiary/aromatic N) is 2. The van der Waals surface area contributed by atoms with Gasteiger partial charge in [-0.25, -0.2) is 0 Å². The van der Waals surface area contributed by atoms with Crippen LogP contribution >= 0.6 is 0 Å². The standard InChI is InChI=1S/C21H23N3O3/c1-16-8-10-17(11-9-16)21-24-23-20(27-21)13-12-19(25)22-14-5-15-26-18-6-3-2-4-7-18/h2-4,6-11H,5,12-15H2,1H3,(H,22,25). The summed E-state index contributed by atoms with van der Waals surface area (Å²) in [6.45, 7) is 3.16. The third-order valence-corrected chi connectivity index (χ3v) is 3.99. The maximum atomic E-state index is 11.9. The lowest BCUT2D eigenvalue weighted by atomic mass is 10.1. The van der Waals surface area contributed by atoms with Gasteiger partial charge in [0.2, 0.25) is 17.7 Å². The molecule has 2 aromatic carbocycles. The second-order valence-electron chi connectivity index (χ2n) is 6.23. The molecule has 27 heavy (non-hydrogen) atoms. The molecular formula is C21H23N3O3. The van der Waals surface area contributed by atoms with Crippen molar-refractivity contribution in [3.8, 4) is 17.2 Å². The molecule has 0 saturated carbocycles. The highest BCUT2D eigenvalue weighted by molar-refractivity contribution is 5.75. The second kappa shape index (κ2) is 9.52. The molecular weight excluding hydrogens is 342 g/mol. The van der Waals surface area contributed by atoms with Gasteiger partial charge in [-0.15, -0.1) is 10.2 Å². The van der Waals surface area contributed by atoms with E-state index in [1.54, 1.807) is 0 Å². The Balaban J connectivity index is 1.34. The molecule has 3 rings (SSSR count). The fourth-order valence-corrected chi connectivity index (χ4v) is 2.48. The van der Waals surface area contributed by atoms with Crippen molar-refractivity contribution in [1.29, 1.82) is 0 Å². The Kier molecular flexibility index (Phi) is 6.57. The number of rotatable bonds is 9. The van der Waals surface area contributed by atoms with E-state index in [-0.39, 0.29) is 5.91 Å². The lowest BCUT2D eigenvalue weighted by Gasteiger charge is -2.06. The van der Waals surface area contributed by atoms with Crippen molar-refractivity contribution < 1.29 is 13.9 Å². The first-order chi connectivity index (χ1) is 13.2. The first-order valence-corrected chi connectivity index (χ1v) is 9.05. The average Bonchev–Trinajstić information content (AvgIpc) is 3.16. The normalized spacial score (nSPS) is 10.6. The summed E-state index contributed by atoms with van der Waals surface area (Å²) in [6.07, 6.45) is 1.49. The van der Waals surface area contributed by atoms with Crippen LogP contribution in [-0.2, 0) is 11.2 Å². The van der Waals surface area contributed by atoms with Crippen LogP contribution in [0.3, 0.4) is 0 Å². The number of aromatic nitrogens is 2. The Morgan fingerprint density at radius 3 is 2.63 bits per heavy atom. The molecule has 0 unspecified atom stereocenters. The van der Waals surface area contributed by atoms with E-state index in [9.17, 15) is 4.79 Å². The van der Waals surface area contributed by atoms with Gasteiger partial charge in [0.15, 0.2) is 0 Å². The second-order valence-corrected chi connectivity index (χ2v) is 6.23. The minimum absolute atomic E-state index is 0.0372. The first-order valence-electron chi connectivity index (χ1n) is 9.05. The van der Waals surface area contributed by atoms with Crippen molar-refractivity contribution in [3.63, 3.8) is 0 Å². The molecule has 6 heteroatoms. The van der Waals surface area contributed by atoms with Crippen LogP contribution in [0.4, 0.5) is 0 Å². The summed E-state index contributed by atoms with van der Waals surface area (Å²) < 4.78 is 11.2. The predicted octanol–water partition coefficient (Wildman–Crippen LogP) is 3.56. The van der Waals surface area contributed by atoms with E-state index in [4.69, 9.17) is 9.15 Å². The molecule has 140 valence electrons. The summed E-state index contributed by atoms with van der Waals surface area (Å²) in [7, 11) is 0. The molecule has 1 N–H and O–H groups in total. The van der Waals surface area contributed by atoms with Crippen LogP contribution in [-0.4, -0.2) is 29.3 Å². The Labute approximate surface area is 158 Å². The minimum atomic E-state index is -0.0372. The van der Waals surface area contributed by atoms with Crippen molar-refractivity contribution in [2.45, 2.75) is 26.2 Å². The van der Waals surface area contributed by atoms with Crippen LogP contribution in [0.25, 0.3) is 11.5 Å². The van der Waals surface area contributed by atoms with Gasteiger partial charge >= 0.3 is 0 Å². The summed E-state index contributed by atoms with van der Waals surface area (Å²) in [6, 6.07) is 17.5. The average molecular weight is 365 g/mol. The SMILES string of the molecule is Cc1ccc(-c2nnc(CCC(=O)NCCCOc3ccccc3)o2)cc1. The van der Waals surface area contributed by atoms with Gasteiger partial charge in [0.1, 0.15) is 5.75 Å². The number of para-hydroxylation sites is 1. The highest BCUT2D eigenvalue weighted by Crippen LogP contribution is 2.18. The van der Waals surface area contributed by atoms with Gasteiger partial charge in [0.25, 0.3) is 0 Å². The van der Waals surface area contributed by atoms with Crippen molar-refractivity contribution in [1.82, 2.24) is 15.5 Å². The van der Waals surface area contributed by atoms with Gasteiger partial charge in [0, 0.05) is 24.9 Å². The number of hydrogen-bond acceptors (Lipinski definition) is 5. The summed E-state index contributed by atoms with van der Waals surface area (Å²) in [5, 5.41) is 10.9. The number of nitrogens with one attached hydrogen (secondary N) is 1. The van der Waals surface area contributed by atoms with Crippen LogP contribution in [0.5, 0.6) is 5.75 Å². The van der Waals surface area contributed by atoms with E-state index in [0.29, 0.717) is 37.8 Å². The van der Waals surface area contributed by atoms with Gasteiger partial charge in [-0.2, -0.15) is 0 Å². The van der Waals surface area contributed by atoms with Crippen LogP contribution in [0.1, 0.15) is 24.3 Å². The number of ether oxygens (including phenoxy) is 1. The molecule has 0 atom stereocenters. The molecule has 0 aliphatic carbocycles. The molecule has 0 fully saturated rings. The fourth-order valence-electron chi connectivity index (χ4n) is 2.48. The topological polar surface area (TPSA) is 77.2 Å². The number of aryl methyl sites for hydroxylation is 2. The number of benzene rings is 2. The Morgan fingerprint density at radius 2 is 1.85 bits per heavy atom. The van der Waals surface area contributed by atoms with Crippen molar-refractivity contribution in [2.75, 3.05) is 13.2 Å². The molecule has 0 saturated heterocycles. The highest BCUT2D eigenvalue weighted by Gasteiger charge is 2.10. The minimum Gasteiger partial charge on any atom is -0.494 e. The van der Waals surface area contributed by atoms with E-state index in [2.05, 4.69) is 15.5 Å². The molecule has 3 aromatic rings. The number of amides is 1. The predicted molar refractivity (Wildman–Crippen MR) is 102 cm³/mol. The van der Waals surface area contributed by atoms with Crippen molar-refractivity contribution in [2.24, 2.45) is 0 Å². The third kappa shape index (κ3) is 5.95. The molecule has 6 nitrogen and oxygen atoms in total. The summed E-state index contributed by atoms with van der Waals surface area (Å²) in [4.78, 5) is 11.9. The number of hydrogen-bond donors (Lipinski definition) is 1. The zero-order valence-corrected chi connectivity index (χ0v) is 15.4. The molecule has 1 aromatic heterocycles. The molecule has 0 aliphatic rings. The Bertz CT molecular complexity index is 845. The van der Waals surface area contributed by atoms with Crippen LogP contribution in [0, 0.1) is 6.92 Å². The summed E-state index contributed by atoms with van der Waals surface area (Å²) in [5.41, 5.74) is 2.05. The highest BCUT2D eigenvalue weighted by atomic mass is 16.5. The maximum Gasteiger partial charge on any atom is 0.247 e. The van der Waals surface area contributed by atoms with Crippen LogP contribution in [0.2, 0.25) is 0 Å². The summed E-state index contributed by atoms with van der Waals surface area (Å²) >= 11 is 0. The van der Waals surface area contributed by atoms with E-state index in [1.807, 2.05) is 61.5 Å². The van der Waals surface area contributed by atoms with Crippen LogP contribution < -0.4 is 10.1 Å². The largest absolute Gasteiger partial charge is 0.494 e. The fraction of sp³-hybridized carbons (Fsp3) is 0.286. The van der Waals surface area contributed by atoms with Crippen molar-refractivity contribution >= 4 is 5.91 Å². The quantitative estimate of drug-likeness (QED) is 0.587.